The molecule has 0 heterocycles. The molecular formula is C13H14O4. The normalized spacial score (nSPS) is 18.9. The molecule has 0 bridgehead atoms. The van der Waals surface area contributed by atoms with Crippen LogP contribution in [0.4, 0.5) is 0 Å². The van der Waals surface area contributed by atoms with Gasteiger partial charge in [-0.3, -0.25) is 9.59 Å². The van der Waals surface area contributed by atoms with Crippen LogP contribution in [-0.4, -0.2) is 22.0 Å². The van der Waals surface area contributed by atoms with Crippen molar-refractivity contribution in [2.24, 2.45) is 0 Å². The number of benzene rings is 1. The van der Waals surface area contributed by atoms with Gasteiger partial charge in [-0.05, 0) is 18.9 Å². The third kappa shape index (κ3) is 1.90. The number of phenols is 1. The fourth-order valence-electron chi connectivity index (χ4n) is 2.43. The number of para-hydroxylation sites is 1. The maximum atomic E-state index is 11.5. The summed E-state index contributed by atoms with van der Waals surface area (Å²) >= 11 is 0. The number of phenolic OH excluding ortho intramolecular Hbond substituents is 1. The Hall–Kier alpha value is -1.84. The van der Waals surface area contributed by atoms with E-state index in [4.69, 9.17) is 0 Å². The molecule has 2 N–H and O–H groups in total. The summed E-state index contributed by atoms with van der Waals surface area (Å²) in [5.41, 5.74) is -0.695. The van der Waals surface area contributed by atoms with Gasteiger partial charge in [0.25, 0.3) is 0 Å². The Balaban J connectivity index is 2.46. The van der Waals surface area contributed by atoms with Crippen molar-refractivity contribution in [1.29, 1.82) is 0 Å². The number of carboxylic acids is 1. The van der Waals surface area contributed by atoms with Crippen molar-refractivity contribution in [3.63, 3.8) is 0 Å². The van der Waals surface area contributed by atoms with Gasteiger partial charge in [-0.25, -0.2) is 0 Å². The minimum absolute atomic E-state index is 0.00995. The second kappa shape index (κ2) is 4.20. The topological polar surface area (TPSA) is 74.6 Å². The van der Waals surface area contributed by atoms with Crippen molar-refractivity contribution in [2.45, 2.75) is 31.1 Å². The zero-order valence-electron chi connectivity index (χ0n) is 9.35. The molecule has 0 spiro atoms. The van der Waals surface area contributed by atoms with Crippen molar-refractivity contribution < 1.29 is 19.8 Å². The fraction of sp³-hybridized carbons (Fsp3) is 0.385. The van der Waals surface area contributed by atoms with E-state index in [0.29, 0.717) is 5.56 Å². The number of Topliss-reactive ketones (excluding diaryl/α,β-unsaturated/α-hetero) is 1. The summed E-state index contributed by atoms with van der Waals surface area (Å²) in [6, 6.07) is 6.47. The Labute approximate surface area is 98.9 Å². The molecule has 1 saturated carbocycles. The molecule has 1 aromatic carbocycles. The summed E-state index contributed by atoms with van der Waals surface area (Å²) in [4.78, 5) is 22.7. The molecule has 0 unspecified atom stereocenters. The number of hydrogen-bond donors (Lipinski definition) is 2. The first-order chi connectivity index (χ1) is 8.06. The zero-order valence-corrected chi connectivity index (χ0v) is 9.35. The smallest absolute Gasteiger partial charge is 0.314 e. The highest BCUT2D eigenvalue weighted by atomic mass is 16.4. The van der Waals surface area contributed by atoms with Crippen LogP contribution >= 0.6 is 0 Å². The van der Waals surface area contributed by atoms with E-state index in [1.807, 2.05) is 0 Å². The maximum absolute atomic E-state index is 11.5. The molecule has 0 atom stereocenters. The van der Waals surface area contributed by atoms with E-state index in [1.165, 1.54) is 6.07 Å². The second-order valence-corrected chi connectivity index (χ2v) is 4.44. The van der Waals surface area contributed by atoms with E-state index in [9.17, 15) is 19.8 Å². The zero-order chi connectivity index (χ0) is 12.5. The van der Waals surface area contributed by atoms with Gasteiger partial charge in [-0.2, -0.15) is 0 Å². The number of ketones is 1. The largest absolute Gasteiger partial charge is 0.508 e. The fourth-order valence-corrected chi connectivity index (χ4v) is 2.43. The van der Waals surface area contributed by atoms with E-state index < -0.39 is 11.4 Å². The van der Waals surface area contributed by atoms with Gasteiger partial charge in [0.15, 0.2) is 0 Å². The van der Waals surface area contributed by atoms with Crippen LogP contribution in [-0.2, 0) is 15.0 Å². The van der Waals surface area contributed by atoms with Crippen molar-refractivity contribution in [2.75, 3.05) is 0 Å². The maximum Gasteiger partial charge on any atom is 0.314 e. The monoisotopic (exact) mass is 234 g/mol. The van der Waals surface area contributed by atoms with Crippen LogP contribution in [0.25, 0.3) is 0 Å². The molecule has 0 aromatic heterocycles. The molecule has 4 nitrogen and oxygen atoms in total. The van der Waals surface area contributed by atoms with Crippen molar-refractivity contribution in [1.82, 2.24) is 0 Å². The molecular weight excluding hydrogens is 220 g/mol. The average molecular weight is 234 g/mol. The summed E-state index contributed by atoms with van der Waals surface area (Å²) in [6.45, 7) is 0. The van der Waals surface area contributed by atoms with Crippen LogP contribution in [0, 0.1) is 0 Å². The van der Waals surface area contributed by atoms with Crippen LogP contribution in [0.2, 0.25) is 0 Å². The molecule has 0 amide bonds. The predicted molar refractivity (Wildman–Crippen MR) is 60.9 cm³/mol. The summed E-state index contributed by atoms with van der Waals surface area (Å²) in [7, 11) is 0. The van der Waals surface area contributed by atoms with Crippen LogP contribution in [0.1, 0.15) is 31.2 Å². The quantitative estimate of drug-likeness (QED) is 0.819. The average Bonchev–Trinajstić information content (AvgIpc) is 2.31. The van der Waals surface area contributed by atoms with Gasteiger partial charge >= 0.3 is 5.97 Å². The van der Waals surface area contributed by atoms with Crippen LogP contribution in [0.15, 0.2) is 24.3 Å². The number of carbonyl (C=O) groups is 2. The summed E-state index contributed by atoms with van der Waals surface area (Å²) < 4.78 is 0. The van der Waals surface area contributed by atoms with Gasteiger partial charge in [0.1, 0.15) is 11.5 Å². The molecule has 1 fully saturated rings. The first kappa shape index (κ1) is 11.6. The van der Waals surface area contributed by atoms with Gasteiger partial charge in [-0.15, -0.1) is 0 Å². The van der Waals surface area contributed by atoms with E-state index in [0.717, 1.165) is 0 Å². The van der Waals surface area contributed by atoms with Crippen molar-refractivity contribution in [3.05, 3.63) is 29.8 Å². The Kier molecular flexibility index (Phi) is 2.88. The highest BCUT2D eigenvalue weighted by Crippen LogP contribution is 2.42. The highest BCUT2D eigenvalue weighted by Gasteiger charge is 2.44. The van der Waals surface area contributed by atoms with E-state index in [2.05, 4.69) is 0 Å². The third-order valence-corrected chi connectivity index (χ3v) is 3.49. The number of rotatable bonds is 2. The second-order valence-electron chi connectivity index (χ2n) is 4.44. The lowest BCUT2D eigenvalue weighted by molar-refractivity contribution is -0.146. The lowest BCUT2D eigenvalue weighted by Gasteiger charge is -2.33. The molecule has 0 radical (unpaired) electrons. The number of aliphatic carboxylic acids is 1. The summed E-state index contributed by atoms with van der Waals surface area (Å²) in [5, 5.41) is 19.2. The van der Waals surface area contributed by atoms with Gasteiger partial charge < -0.3 is 10.2 Å². The number of aromatic hydroxyl groups is 1. The van der Waals surface area contributed by atoms with Gasteiger partial charge in [0.05, 0.1) is 5.41 Å². The SMILES string of the molecule is O=C1CCC(C(=O)O)(c2ccccc2O)CC1. The van der Waals surface area contributed by atoms with Crippen LogP contribution < -0.4 is 0 Å². The number of carbonyl (C=O) groups excluding carboxylic acids is 1. The van der Waals surface area contributed by atoms with Crippen molar-refractivity contribution in [3.8, 4) is 5.75 Å². The van der Waals surface area contributed by atoms with Gasteiger partial charge in [0, 0.05) is 18.4 Å². The summed E-state index contributed by atoms with van der Waals surface area (Å²) in [6.07, 6.45) is 1.05. The molecule has 1 aromatic rings. The lowest BCUT2D eigenvalue weighted by atomic mass is 9.69. The summed E-state index contributed by atoms with van der Waals surface area (Å²) in [5.74, 6) is -0.881. The highest BCUT2D eigenvalue weighted by molar-refractivity contribution is 5.88. The predicted octanol–water partition coefficient (Wildman–Crippen LogP) is 1.86. The Morgan fingerprint density at radius 1 is 1.18 bits per heavy atom. The number of carboxylic acid groups (broad SMARTS) is 1. The minimum atomic E-state index is -1.11. The Morgan fingerprint density at radius 3 is 2.29 bits per heavy atom. The molecule has 17 heavy (non-hydrogen) atoms. The third-order valence-electron chi connectivity index (χ3n) is 3.49. The molecule has 0 saturated heterocycles. The Bertz CT molecular complexity index is 454. The van der Waals surface area contributed by atoms with Gasteiger partial charge in [-0.1, -0.05) is 18.2 Å². The van der Waals surface area contributed by atoms with Crippen molar-refractivity contribution >= 4 is 11.8 Å². The van der Waals surface area contributed by atoms with E-state index in [1.54, 1.807) is 18.2 Å². The first-order valence-corrected chi connectivity index (χ1v) is 5.60. The molecule has 1 aliphatic carbocycles. The molecule has 4 heteroatoms. The molecule has 90 valence electrons. The van der Waals surface area contributed by atoms with E-state index in [-0.39, 0.29) is 37.2 Å². The van der Waals surface area contributed by atoms with Crippen LogP contribution in [0.5, 0.6) is 5.75 Å². The van der Waals surface area contributed by atoms with E-state index >= 15 is 0 Å². The molecule has 0 aliphatic heterocycles. The standard InChI is InChI=1S/C13H14O4/c14-9-5-7-13(8-6-9,12(16)17)10-3-1-2-4-11(10)15/h1-4,15H,5-8H2,(H,16,17). The molecule has 2 rings (SSSR count). The lowest BCUT2D eigenvalue weighted by Crippen LogP contribution is -2.39. The van der Waals surface area contributed by atoms with Gasteiger partial charge in [0.2, 0.25) is 0 Å². The molecule has 1 aliphatic rings. The minimum Gasteiger partial charge on any atom is -0.508 e. The Morgan fingerprint density at radius 2 is 1.76 bits per heavy atom. The first-order valence-electron chi connectivity index (χ1n) is 5.60. The number of hydrogen-bond acceptors (Lipinski definition) is 3. The van der Waals surface area contributed by atoms with Crippen LogP contribution in [0.3, 0.4) is 0 Å².